The molecule has 19 heavy (non-hydrogen) atoms. The molecule has 0 unspecified atom stereocenters. The molecule has 0 spiro atoms. The van der Waals surface area contributed by atoms with Crippen LogP contribution in [-0.2, 0) is 6.42 Å². The van der Waals surface area contributed by atoms with Crippen molar-refractivity contribution < 1.29 is 14.3 Å². The van der Waals surface area contributed by atoms with Crippen LogP contribution in [-0.4, -0.2) is 19.0 Å². The molecule has 0 aromatic heterocycles. The van der Waals surface area contributed by atoms with Crippen LogP contribution in [0.4, 0.5) is 0 Å². The monoisotopic (exact) mass is 282 g/mol. The van der Waals surface area contributed by atoms with Gasteiger partial charge in [-0.25, -0.2) is 0 Å². The zero-order chi connectivity index (χ0) is 13.8. The Morgan fingerprint density at radius 3 is 2.53 bits per heavy atom. The molecule has 3 nitrogen and oxygen atoms in total. The third-order valence-electron chi connectivity index (χ3n) is 3.25. The van der Waals surface area contributed by atoms with Crippen molar-refractivity contribution in [1.29, 1.82) is 0 Å². The molecule has 0 atom stereocenters. The maximum absolute atomic E-state index is 12.3. The van der Waals surface area contributed by atoms with Gasteiger partial charge in [0.25, 0.3) is 0 Å². The van der Waals surface area contributed by atoms with Gasteiger partial charge in [0.2, 0.25) is 0 Å². The van der Waals surface area contributed by atoms with Crippen LogP contribution in [0.15, 0.2) is 6.07 Å². The number of ketones is 1. The minimum Gasteiger partial charge on any atom is -0.490 e. The lowest BCUT2D eigenvalue weighted by Crippen LogP contribution is -2.08. The minimum absolute atomic E-state index is 0.111. The summed E-state index contributed by atoms with van der Waals surface area (Å²) in [5.74, 6) is 1.25. The van der Waals surface area contributed by atoms with E-state index in [9.17, 15) is 4.79 Å². The zero-order valence-corrected chi connectivity index (χ0v) is 12.2. The Bertz CT molecular complexity index is 483. The Morgan fingerprint density at radius 1 is 1.16 bits per heavy atom. The summed E-state index contributed by atoms with van der Waals surface area (Å²) in [6.07, 6.45) is 3.27. The van der Waals surface area contributed by atoms with E-state index in [1.165, 1.54) is 0 Å². The molecule has 0 heterocycles. The molecule has 0 radical (unpaired) electrons. The van der Waals surface area contributed by atoms with Gasteiger partial charge in [0.05, 0.1) is 18.8 Å². The van der Waals surface area contributed by atoms with Crippen molar-refractivity contribution in [3.8, 4) is 11.5 Å². The number of halogens is 1. The summed E-state index contributed by atoms with van der Waals surface area (Å²) in [7, 11) is 0. The molecule has 0 amide bonds. The fourth-order valence-corrected chi connectivity index (χ4v) is 2.74. The molecule has 104 valence electrons. The SMILES string of the molecule is CCOc1cc(Cl)c2c(c1OCC)C(=O)CCCC2. The number of carbonyl (C=O) groups is 1. The fourth-order valence-electron chi connectivity index (χ4n) is 2.45. The Hall–Kier alpha value is -1.22. The van der Waals surface area contributed by atoms with E-state index in [0.29, 0.717) is 41.7 Å². The van der Waals surface area contributed by atoms with Crippen molar-refractivity contribution in [2.24, 2.45) is 0 Å². The van der Waals surface area contributed by atoms with Crippen LogP contribution in [0.1, 0.15) is 49.0 Å². The normalized spacial score (nSPS) is 14.8. The second-order valence-electron chi connectivity index (χ2n) is 4.54. The molecule has 0 N–H and O–H groups in total. The summed E-state index contributed by atoms with van der Waals surface area (Å²) in [6, 6.07) is 1.77. The van der Waals surface area contributed by atoms with E-state index in [4.69, 9.17) is 21.1 Å². The predicted octanol–water partition coefficient (Wildman–Crippen LogP) is 4.05. The van der Waals surface area contributed by atoms with Crippen LogP contribution in [0.3, 0.4) is 0 Å². The van der Waals surface area contributed by atoms with E-state index in [-0.39, 0.29) is 5.78 Å². The lowest BCUT2D eigenvalue weighted by atomic mass is 10.00. The molecule has 1 aromatic rings. The first-order valence-corrected chi connectivity index (χ1v) is 7.21. The molecule has 0 fully saturated rings. The van der Waals surface area contributed by atoms with Crippen molar-refractivity contribution in [2.75, 3.05) is 13.2 Å². The summed E-state index contributed by atoms with van der Waals surface area (Å²) in [4.78, 5) is 12.3. The highest BCUT2D eigenvalue weighted by Crippen LogP contribution is 2.41. The molecule has 0 saturated carbocycles. The van der Waals surface area contributed by atoms with Crippen molar-refractivity contribution in [1.82, 2.24) is 0 Å². The zero-order valence-electron chi connectivity index (χ0n) is 11.4. The number of ether oxygens (including phenoxy) is 2. The van der Waals surface area contributed by atoms with Gasteiger partial charge in [-0.1, -0.05) is 11.6 Å². The summed E-state index contributed by atoms with van der Waals surface area (Å²) >= 11 is 6.31. The van der Waals surface area contributed by atoms with Crippen molar-refractivity contribution >= 4 is 17.4 Å². The van der Waals surface area contributed by atoms with E-state index in [2.05, 4.69) is 0 Å². The second kappa shape index (κ2) is 6.29. The average molecular weight is 283 g/mol. The topological polar surface area (TPSA) is 35.5 Å². The van der Waals surface area contributed by atoms with E-state index in [0.717, 1.165) is 24.8 Å². The third kappa shape index (κ3) is 2.86. The molecular weight excluding hydrogens is 264 g/mol. The number of Topliss-reactive ketones (excluding diaryl/α,β-unsaturated/α-hetero) is 1. The van der Waals surface area contributed by atoms with Gasteiger partial charge in [-0.05, 0) is 38.7 Å². The van der Waals surface area contributed by atoms with Gasteiger partial charge >= 0.3 is 0 Å². The Balaban J connectivity index is 2.61. The summed E-state index contributed by atoms with van der Waals surface area (Å²) in [6.45, 7) is 4.82. The van der Waals surface area contributed by atoms with Gasteiger partial charge in [0.1, 0.15) is 0 Å². The predicted molar refractivity (Wildman–Crippen MR) is 75.7 cm³/mol. The second-order valence-corrected chi connectivity index (χ2v) is 4.94. The molecule has 2 rings (SSSR count). The Kier molecular flexibility index (Phi) is 4.70. The molecule has 4 heteroatoms. The van der Waals surface area contributed by atoms with E-state index in [1.807, 2.05) is 13.8 Å². The van der Waals surface area contributed by atoms with Gasteiger partial charge in [-0.15, -0.1) is 0 Å². The lowest BCUT2D eigenvalue weighted by Gasteiger charge is -2.18. The van der Waals surface area contributed by atoms with Crippen LogP contribution >= 0.6 is 11.6 Å². The Labute approximate surface area is 118 Å². The number of rotatable bonds is 4. The number of hydrogen-bond acceptors (Lipinski definition) is 3. The first-order chi connectivity index (χ1) is 9.19. The molecule has 0 saturated heterocycles. The molecule has 1 aliphatic rings. The lowest BCUT2D eigenvalue weighted by molar-refractivity contribution is 0.0977. The highest BCUT2D eigenvalue weighted by Gasteiger charge is 2.26. The van der Waals surface area contributed by atoms with Gasteiger partial charge in [-0.2, -0.15) is 0 Å². The molecule has 1 aromatic carbocycles. The molecule has 1 aliphatic carbocycles. The first kappa shape index (κ1) is 14.2. The van der Waals surface area contributed by atoms with E-state index in [1.54, 1.807) is 6.07 Å². The summed E-state index contributed by atoms with van der Waals surface area (Å²) in [5.41, 5.74) is 1.55. The maximum atomic E-state index is 12.3. The quantitative estimate of drug-likeness (QED) is 0.782. The number of carbonyl (C=O) groups excluding carboxylic acids is 1. The van der Waals surface area contributed by atoms with Crippen molar-refractivity contribution in [3.63, 3.8) is 0 Å². The van der Waals surface area contributed by atoms with E-state index < -0.39 is 0 Å². The molecular formula is C15H19ClO3. The minimum atomic E-state index is 0.111. The third-order valence-corrected chi connectivity index (χ3v) is 3.58. The summed E-state index contributed by atoms with van der Waals surface area (Å²) < 4.78 is 11.2. The maximum Gasteiger partial charge on any atom is 0.172 e. The van der Waals surface area contributed by atoms with Crippen LogP contribution in [0, 0.1) is 0 Å². The summed E-state index contributed by atoms with van der Waals surface area (Å²) in [5, 5.41) is 0.608. The number of hydrogen-bond donors (Lipinski definition) is 0. The smallest absolute Gasteiger partial charge is 0.172 e. The average Bonchev–Trinajstić information content (AvgIpc) is 2.57. The highest BCUT2D eigenvalue weighted by atomic mass is 35.5. The van der Waals surface area contributed by atoms with Crippen molar-refractivity contribution in [2.45, 2.75) is 39.5 Å². The molecule has 0 aliphatic heterocycles. The Morgan fingerprint density at radius 2 is 1.84 bits per heavy atom. The van der Waals surface area contributed by atoms with Crippen molar-refractivity contribution in [3.05, 3.63) is 22.2 Å². The number of fused-ring (bicyclic) bond motifs is 1. The van der Waals surface area contributed by atoms with Crippen LogP contribution in [0.5, 0.6) is 11.5 Å². The van der Waals surface area contributed by atoms with Gasteiger partial charge in [0, 0.05) is 17.5 Å². The molecule has 0 bridgehead atoms. The first-order valence-electron chi connectivity index (χ1n) is 6.83. The van der Waals surface area contributed by atoms with Gasteiger partial charge in [-0.3, -0.25) is 4.79 Å². The fraction of sp³-hybridized carbons (Fsp3) is 0.533. The van der Waals surface area contributed by atoms with Crippen LogP contribution in [0.2, 0.25) is 5.02 Å². The van der Waals surface area contributed by atoms with E-state index >= 15 is 0 Å². The van der Waals surface area contributed by atoms with Crippen LogP contribution < -0.4 is 9.47 Å². The van der Waals surface area contributed by atoms with Gasteiger partial charge in [0.15, 0.2) is 17.3 Å². The highest BCUT2D eigenvalue weighted by molar-refractivity contribution is 6.32. The standard InChI is InChI=1S/C15H19ClO3/c1-3-18-13-9-11(16)10-7-5-6-8-12(17)14(10)15(13)19-4-2/h9H,3-8H2,1-2H3. The number of benzene rings is 1. The van der Waals surface area contributed by atoms with Gasteiger partial charge < -0.3 is 9.47 Å². The largest absolute Gasteiger partial charge is 0.490 e. The van der Waals surface area contributed by atoms with Crippen LogP contribution in [0.25, 0.3) is 0 Å².